The van der Waals surface area contributed by atoms with E-state index in [9.17, 15) is 4.79 Å². The van der Waals surface area contributed by atoms with Crippen molar-refractivity contribution < 1.29 is 14.3 Å². The van der Waals surface area contributed by atoms with Crippen molar-refractivity contribution in [3.63, 3.8) is 0 Å². The van der Waals surface area contributed by atoms with Gasteiger partial charge < -0.3 is 9.47 Å². The van der Waals surface area contributed by atoms with E-state index in [4.69, 9.17) is 9.47 Å². The van der Waals surface area contributed by atoms with Gasteiger partial charge in [-0.25, -0.2) is 4.79 Å². The molecular weight excluding hydrogens is 206 g/mol. The zero-order valence-corrected chi connectivity index (χ0v) is 9.53. The highest BCUT2D eigenvalue weighted by Crippen LogP contribution is 2.31. The average Bonchev–Trinajstić information content (AvgIpc) is 2.31. The average molecular weight is 221 g/mol. The monoisotopic (exact) mass is 221 g/mol. The molecule has 1 aromatic rings. The standard InChI is InChI=1S/C12H15NO3/c1-3-4-7-16-12-8-10(15-2)5-6-11(12)13-9-14/h5-6,8H,3-4,7H2,1-2H3. The van der Waals surface area contributed by atoms with Gasteiger partial charge in [0.1, 0.15) is 17.2 Å². The van der Waals surface area contributed by atoms with Crippen LogP contribution in [-0.4, -0.2) is 19.8 Å². The van der Waals surface area contributed by atoms with Crippen molar-refractivity contribution in [3.8, 4) is 11.5 Å². The van der Waals surface area contributed by atoms with Crippen molar-refractivity contribution in [2.45, 2.75) is 19.8 Å². The topological polar surface area (TPSA) is 47.9 Å². The molecule has 0 saturated carbocycles. The molecule has 0 aliphatic rings. The molecule has 0 fully saturated rings. The van der Waals surface area contributed by atoms with Gasteiger partial charge in [0.05, 0.1) is 13.7 Å². The molecule has 4 nitrogen and oxygen atoms in total. The number of methoxy groups -OCH3 is 1. The number of aliphatic imine (C=N–C) groups is 1. The third-order valence-corrected chi connectivity index (χ3v) is 2.09. The second-order valence-electron chi connectivity index (χ2n) is 3.24. The van der Waals surface area contributed by atoms with Crippen molar-refractivity contribution in [1.29, 1.82) is 0 Å². The first-order valence-corrected chi connectivity index (χ1v) is 5.20. The number of hydrogen-bond acceptors (Lipinski definition) is 4. The summed E-state index contributed by atoms with van der Waals surface area (Å²) in [4.78, 5) is 13.8. The Morgan fingerprint density at radius 1 is 1.44 bits per heavy atom. The molecule has 0 unspecified atom stereocenters. The number of unbranched alkanes of at least 4 members (excludes halogenated alkanes) is 1. The van der Waals surface area contributed by atoms with Gasteiger partial charge >= 0.3 is 0 Å². The zero-order valence-electron chi connectivity index (χ0n) is 9.53. The number of hydrogen-bond donors (Lipinski definition) is 0. The Balaban J connectivity index is 2.86. The molecule has 0 saturated heterocycles. The molecule has 0 spiro atoms. The number of carbonyl (C=O) groups excluding carboxylic acids is 1. The van der Waals surface area contributed by atoms with Crippen LogP contribution in [-0.2, 0) is 4.79 Å². The second kappa shape index (κ2) is 6.64. The van der Waals surface area contributed by atoms with Crippen LogP contribution in [0.3, 0.4) is 0 Å². The van der Waals surface area contributed by atoms with E-state index < -0.39 is 0 Å². The molecule has 0 bridgehead atoms. The summed E-state index contributed by atoms with van der Waals surface area (Å²) < 4.78 is 10.6. The van der Waals surface area contributed by atoms with Gasteiger partial charge in [0, 0.05) is 6.07 Å². The molecule has 0 aromatic heterocycles. The van der Waals surface area contributed by atoms with Gasteiger partial charge in [-0.3, -0.25) is 0 Å². The molecule has 1 aromatic carbocycles. The first kappa shape index (κ1) is 12.3. The third-order valence-electron chi connectivity index (χ3n) is 2.09. The van der Waals surface area contributed by atoms with E-state index in [0.29, 0.717) is 23.8 Å². The van der Waals surface area contributed by atoms with Crippen LogP contribution in [0.4, 0.5) is 5.69 Å². The quantitative estimate of drug-likeness (QED) is 0.421. The molecule has 0 radical (unpaired) electrons. The van der Waals surface area contributed by atoms with Crippen LogP contribution < -0.4 is 9.47 Å². The van der Waals surface area contributed by atoms with Gasteiger partial charge in [0.2, 0.25) is 6.08 Å². The van der Waals surface area contributed by atoms with Gasteiger partial charge in [-0.1, -0.05) is 13.3 Å². The number of ether oxygens (including phenoxy) is 2. The summed E-state index contributed by atoms with van der Waals surface area (Å²) in [6.45, 7) is 2.68. The summed E-state index contributed by atoms with van der Waals surface area (Å²) in [7, 11) is 1.58. The van der Waals surface area contributed by atoms with Gasteiger partial charge in [0.25, 0.3) is 0 Å². The fourth-order valence-electron chi connectivity index (χ4n) is 1.21. The maximum absolute atomic E-state index is 10.2. The molecule has 0 aliphatic heterocycles. The van der Waals surface area contributed by atoms with Crippen LogP contribution in [0.25, 0.3) is 0 Å². The van der Waals surface area contributed by atoms with E-state index >= 15 is 0 Å². The maximum Gasteiger partial charge on any atom is 0.240 e. The van der Waals surface area contributed by atoms with Crippen LogP contribution in [0, 0.1) is 0 Å². The van der Waals surface area contributed by atoms with Crippen LogP contribution in [0.5, 0.6) is 11.5 Å². The number of benzene rings is 1. The summed E-state index contributed by atoms with van der Waals surface area (Å²) >= 11 is 0. The Morgan fingerprint density at radius 3 is 2.88 bits per heavy atom. The Morgan fingerprint density at radius 2 is 2.25 bits per heavy atom. The van der Waals surface area contributed by atoms with E-state index in [1.54, 1.807) is 25.3 Å². The van der Waals surface area contributed by atoms with E-state index in [1.807, 2.05) is 0 Å². The van der Waals surface area contributed by atoms with Crippen molar-refractivity contribution >= 4 is 11.8 Å². The summed E-state index contributed by atoms with van der Waals surface area (Å²) in [6.07, 6.45) is 3.52. The molecule has 0 atom stereocenters. The predicted octanol–water partition coefficient (Wildman–Crippen LogP) is 2.84. The Kier molecular flexibility index (Phi) is 5.09. The van der Waals surface area contributed by atoms with Crippen molar-refractivity contribution in [2.75, 3.05) is 13.7 Å². The molecule has 0 heterocycles. The molecule has 86 valence electrons. The van der Waals surface area contributed by atoms with Gasteiger partial charge in [-0.2, -0.15) is 4.99 Å². The SMILES string of the molecule is CCCCOc1cc(OC)ccc1N=C=O. The van der Waals surface area contributed by atoms with E-state index in [1.165, 1.54) is 6.08 Å². The Bertz CT molecular complexity index is 384. The molecule has 0 N–H and O–H groups in total. The van der Waals surface area contributed by atoms with Crippen LogP contribution in [0.15, 0.2) is 23.2 Å². The van der Waals surface area contributed by atoms with E-state index in [-0.39, 0.29) is 0 Å². The summed E-state index contributed by atoms with van der Waals surface area (Å²) in [5, 5.41) is 0. The lowest BCUT2D eigenvalue weighted by Crippen LogP contribution is -1.97. The lowest BCUT2D eigenvalue weighted by Gasteiger charge is -2.09. The first-order valence-electron chi connectivity index (χ1n) is 5.20. The van der Waals surface area contributed by atoms with Crippen molar-refractivity contribution in [3.05, 3.63) is 18.2 Å². The molecule has 0 aliphatic carbocycles. The minimum absolute atomic E-state index is 0.479. The highest BCUT2D eigenvalue weighted by Gasteiger charge is 2.04. The van der Waals surface area contributed by atoms with Gasteiger partial charge in [-0.15, -0.1) is 0 Å². The normalized spacial score (nSPS) is 9.38. The number of rotatable bonds is 6. The fourth-order valence-corrected chi connectivity index (χ4v) is 1.21. The largest absolute Gasteiger partial charge is 0.497 e. The number of isocyanates is 1. The molecule has 4 heteroatoms. The smallest absolute Gasteiger partial charge is 0.240 e. The summed E-state index contributed by atoms with van der Waals surface area (Å²) in [6, 6.07) is 5.11. The molecular formula is C12H15NO3. The van der Waals surface area contributed by atoms with E-state index in [0.717, 1.165) is 12.8 Å². The molecule has 16 heavy (non-hydrogen) atoms. The van der Waals surface area contributed by atoms with E-state index in [2.05, 4.69) is 11.9 Å². The second-order valence-corrected chi connectivity index (χ2v) is 3.24. The van der Waals surface area contributed by atoms with Gasteiger partial charge in [0.15, 0.2) is 0 Å². The first-order chi connectivity index (χ1) is 7.81. The zero-order chi connectivity index (χ0) is 11.8. The highest BCUT2D eigenvalue weighted by molar-refractivity contribution is 5.59. The van der Waals surface area contributed by atoms with Crippen LogP contribution >= 0.6 is 0 Å². The van der Waals surface area contributed by atoms with Gasteiger partial charge in [-0.05, 0) is 18.6 Å². The summed E-state index contributed by atoms with van der Waals surface area (Å²) in [5.74, 6) is 1.23. The lowest BCUT2D eigenvalue weighted by molar-refractivity contribution is 0.308. The fraction of sp³-hybridized carbons (Fsp3) is 0.417. The third kappa shape index (κ3) is 3.41. The van der Waals surface area contributed by atoms with Crippen molar-refractivity contribution in [2.24, 2.45) is 4.99 Å². The predicted molar refractivity (Wildman–Crippen MR) is 61.2 cm³/mol. The minimum atomic E-state index is 0.479. The Hall–Kier alpha value is -1.80. The summed E-state index contributed by atoms with van der Waals surface area (Å²) in [5.41, 5.74) is 0.479. The number of nitrogens with zero attached hydrogens (tertiary/aromatic N) is 1. The minimum Gasteiger partial charge on any atom is -0.497 e. The van der Waals surface area contributed by atoms with Crippen LogP contribution in [0.2, 0.25) is 0 Å². The Labute approximate surface area is 94.9 Å². The van der Waals surface area contributed by atoms with Crippen LogP contribution in [0.1, 0.15) is 19.8 Å². The van der Waals surface area contributed by atoms with Crippen molar-refractivity contribution in [1.82, 2.24) is 0 Å². The lowest BCUT2D eigenvalue weighted by atomic mass is 10.2. The molecule has 1 rings (SSSR count). The molecule has 0 amide bonds. The maximum atomic E-state index is 10.2. The highest BCUT2D eigenvalue weighted by atomic mass is 16.5.